The largest absolute Gasteiger partial charge is 0.497 e. The Balaban J connectivity index is 0.000000221. The van der Waals surface area contributed by atoms with Crippen LogP contribution in [0.2, 0.25) is 0 Å². The molecule has 1 aromatic heterocycles. The number of aliphatic carboxylic acids is 1. The van der Waals surface area contributed by atoms with Crippen LogP contribution in [0.4, 0.5) is 0 Å². The number of rotatable bonds is 9. The molecule has 2 aromatic rings. The number of carbonyl (C=O) groups excluding carboxylic acids is 1. The van der Waals surface area contributed by atoms with E-state index in [1.54, 1.807) is 7.11 Å². The third kappa shape index (κ3) is 8.62. The first-order valence-electron chi connectivity index (χ1n) is 9.88. The second-order valence-corrected chi connectivity index (χ2v) is 9.71. The zero-order chi connectivity index (χ0) is 21.1. The third-order valence-corrected chi connectivity index (χ3v) is 7.64. The van der Waals surface area contributed by atoms with Gasteiger partial charge in [-0.1, -0.05) is 28.0 Å². The molecule has 0 spiro atoms. The molecule has 1 atom stereocenters. The van der Waals surface area contributed by atoms with Crippen LogP contribution in [0.1, 0.15) is 44.6 Å². The molecule has 1 aliphatic rings. The lowest BCUT2D eigenvalue weighted by Gasteiger charge is -2.04. The standard InChI is InChI=1S/C13H16N2O2.C8H14O2S2/c1-9(16)14-6-5-10-8-15-13-4-3-11(17-2)7-12(10)13;9-8(10)4-2-1-3-7-5-6-11-12-7/h3-4,7-8,15H,5-6H2,1-2H3,(H,14,16);7H,1-6H2,(H,9,10). The number of H-pyrrole nitrogens is 1. The van der Waals surface area contributed by atoms with Crippen molar-refractivity contribution in [2.75, 3.05) is 19.4 Å². The summed E-state index contributed by atoms with van der Waals surface area (Å²) in [4.78, 5) is 24.2. The maximum atomic E-state index is 10.8. The van der Waals surface area contributed by atoms with Crippen molar-refractivity contribution in [2.24, 2.45) is 0 Å². The van der Waals surface area contributed by atoms with E-state index in [9.17, 15) is 9.59 Å². The SMILES string of the molecule is COc1ccc2[nH]cc(CCNC(C)=O)c2c1.O=C(O)CCCCC1CCSS1. The highest BCUT2D eigenvalue weighted by Crippen LogP contribution is 2.39. The molecule has 1 fully saturated rings. The van der Waals surface area contributed by atoms with Crippen LogP contribution in [-0.2, 0) is 16.0 Å². The zero-order valence-electron chi connectivity index (χ0n) is 17.0. The fourth-order valence-electron chi connectivity index (χ4n) is 3.08. The van der Waals surface area contributed by atoms with Crippen LogP contribution in [0, 0.1) is 0 Å². The van der Waals surface area contributed by atoms with E-state index in [2.05, 4.69) is 10.3 Å². The molecule has 0 radical (unpaired) electrons. The number of carbonyl (C=O) groups is 2. The monoisotopic (exact) mass is 438 g/mol. The Morgan fingerprint density at radius 1 is 1.34 bits per heavy atom. The molecule has 1 aromatic carbocycles. The lowest BCUT2D eigenvalue weighted by Crippen LogP contribution is -2.22. The van der Waals surface area contributed by atoms with Crippen molar-refractivity contribution >= 4 is 44.4 Å². The van der Waals surface area contributed by atoms with Crippen molar-refractivity contribution in [3.05, 3.63) is 30.0 Å². The highest BCUT2D eigenvalue weighted by molar-refractivity contribution is 8.77. The van der Waals surface area contributed by atoms with E-state index >= 15 is 0 Å². The minimum atomic E-state index is -0.663. The number of carboxylic acid groups (broad SMARTS) is 1. The molecule has 2 heterocycles. The van der Waals surface area contributed by atoms with Crippen molar-refractivity contribution < 1.29 is 19.4 Å². The molecule has 3 N–H and O–H groups in total. The predicted octanol–water partition coefficient (Wildman–Crippen LogP) is 4.64. The van der Waals surface area contributed by atoms with Gasteiger partial charge in [0.2, 0.25) is 5.91 Å². The maximum absolute atomic E-state index is 10.8. The number of hydrogen-bond donors (Lipinski definition) is 3. The summed E-state index contributed by atoms with van der Waals surface area (Å²) in [6, 6.07) is 5.93. The average Bonchev–Trinajstić information content (AvgIpc) is 3.35. The molecule has 1 amide bonds. The highest BCUT2D eigenvalue weighted by Gasteiger charge is 2.15. The number of benzene rings is 1. The summed E-state index contributed by atoms with van der Waals surface area (Å²) in [7, 11) is 5.57. The summed E-state index contributed by atoms with van der Waals surface area (Å²) in [5, 5.41) is 13.1. The van der Waals surface area contributed by atoms with Gasteiger partial charge in [0.25, 0.3) is 0 Å². The molecule has 0 saturated carbocycles. The number of amides is 1. The predicted molar refractivity (Wildman–Crippen MR) is 122 cm³/mol. The number of nitrogens with one attached hydrogen (secondary N) is 2. The Bertz CT molecular complexity index is 788. The van der Waals surface area contributed by atoms with E-state index < -0.39 is 5.97 Å². The lowest BCUT2D eigenvalue weighted by atomic mass is 10.1. The summed E-state index contributed by atoms with van der Waals surface area (Å²) in [5.74, 6) is 1.46. The Hall–Kier alpha value is -1.80. The van der Waals surface area contributed by atoms with E-state index in [0.717, 1.165) is 41.2 Å². The molecule has 160 valence electrons. The van der Waals surface area contributed by atoms with Crippen LogP contribution < -0.4 is 10.1 Å². The van der Waals surface area contributed by atoms with Gasteiger partial charge >= 0.3 is 5.97 Å². The van der Waals surface area contributed by atoms with Gasteiger partial charge in [0.1, 0.15) is 5.75 Å². The van der Waals surface area contributed by atoms with Gasteiger partial charge in [-0.15, -0.1) is 0 Å². The first-order valence-corrected chi connectivity index (χ1v) is 12.3. The number of methoxy groups -OCH3 is 1. The number of unbranched alkanes of at least 4 members (excludes halogenated alkanes) is 1. The topological polar surface area (TPSA) is 91.4 Å². The van der Waals surface area contributed by atoms with Gasteiger partial charge in [0, 0.05) is 48.0 Å². The van der Waals surface area contributed by atoms with Crippen molar-refractivity contribution in [1.29, 1.82) is 0 Å². The van der Waals surface area contributed by atoms with E-state index in [-0.39, 0.29) is 5.91 Å². The van der Waals surface area contributed by atoms with E-state index in [0.29, 0.717) is 13.0 Å². The van der Waals surface area contributed by atoms with Crippen LogP contribution in [0.3, 0.4) is 0 Å². The number of hydrogen-bond acceptors (Lipinski definition) is 5. The minimum absolute atomic E-state index is 0.00224. The smallest absolute Gasteiger partial charge is 0.303 e. The molecule has 3 rings (SSSR count). The molecule has 1 saturated heterocycles. The summed E-state index contributed by atoms with van der Waals surface area (Å²) < 4.78 is 5.21. The van der Waals surface area contributed by atoms with Crippen molar-refractivity contribution in [2.45, 2.75) is 50.7 Å². The van der Waals surface area contributed by atoms with Gasteiger partial charge in [-0.2, -0.15) is 0 Å². The van der Waals surface area contributed by atoms with Crippen LogP contribution >= 0.6 is 21.6 Å². The normalized spacial score (nSPS) is 15.6. The molecule has 1 aliphatic heterocycles. The molecule has 6 nitrogen and oxygen atoms in total. The van der Waals surface area contributed by atoms with Crippen LogP contribution in [0.5, 0.6) is 5.75 Å². The maximum Gasteiger partial charge on any atom is 0.303 e. The zero-order valence-corrected chi connectivity index (χ0v) is 18.7. The number of aromatic amines is 1. The number of ether oxygens (including phenoxy) is 1. The highest BCUT2D eigenvalue weighted by atomic mass is 33.1. The Morgan fingerprint density at radius 2 is 2.17 bits per heavy atom. The van der Waals surface area contributed by atoms with Gasteiger partial charge in [0.15, 0.2) is 0 Å². The minimum Gasteiger partial charge on any atom is -0.497 e. The summed E-state index contributed by atoms with van der Waals surface area (Å²) >= 11 is 0. The molecular weight excluding hydrogens is 408 g/mol. The first kappa shape index (κ1) is 23.5. The Labute approximate surface area is 179 Å². The van der Waals surface area contributed by atoms with Crippen LogP contribution in [0.15, 0.2) is 24.4 Å². The average molecular weight is 439 g/mol. The molecule has 29 heavy (non-hydrogen) atoms. The fraction of sp³-hybridized carbons (Fsp3) is 0.524. The number of carboxylic acids is 1. The summed E-state index contributed by atoms with van der Waals surface area (Å²) in [5.41, 5.74) is 2.27. The second-order valence-electron chi connectivity index (χ2n) is 6.93. The number of aromatic nitrogens is 1. The van der Waals surface area contributed by atoms with E-state index in [1.807, 2.05) is 46.0 Å². The van der Waals surface area contributed by atoms with E-state index in [4.69, 9.17) is 9.84 Å². The molecule has 0 bridgehead atoms. The first-order chi connectivity index (χ1) is 14.0. The lowest BCUT2D eigenvalue weighted by molar-refractivity contribution is -0.137. The molecule has 1 unspecified atom stereocenters. The van der Waals surface area contributed by atoms with Crippen LogP contribution in [0.25, 0.3) is 10.9 Å². The fourth-order valence-corrected chi connectivity index (χ4v) is 6.10. The van der Waals surface area contributed by atoms with Crippen LogP contribution in [-0.4, -0.2) is 46.6 Å². The Kier molecular flexibility index (Phi) is 10.3. The van der Waals surface area contributed by atoms with Gasteiger partial charge in [0.05, 0.1) is 7.11 Å². The van der Waals surface area contributed by atoms with Gasteiger partial charge in [-0.05, 0) is 49.4 Å². The second kappa shape index (κ2) is 12.7. The summed E-state index contributed by atoms with van der Waals surface area (Å²) in [6.07, 6.45) is 7.55. The molecule has 0 aliphatic carbocycles. The van der Waals surface area contributed by atoms with Crippen molar-refractivity contribution in [3.63, 3.8) is 0 Å². The van der Waals surface area contributed by atoms with E-state index in [1.165, 1.54) is 31.1 Å². The summed E-state index contributed by atoms with van der Waals surface area (Å²) in [6.45, 7) is 2.18. The van der Waals surface area contributed by atoms with Crippen molar-refractivity contribution in [1.82, 2.24) is 10.3 Å². The molecule has 8 heteroatoms. The third-order valence-electron chi connectivity index (χ3n) is 4.64. The van der Waals surface area contributed by atoms with Gasteiger partial charge < -0.3 is 20.1 Å². The van der Waals surface area contributed by atoms with Crippen molar-refractivity contribution in [3.8, 4) is 5.75 Å². The Morgan fingerprint density at radius 3 is 2.83 bits per heavy atom. The number of fused-ring (bicyclic) bond motifs is 1. The quantitative estimate of drug-likeness (QED) is 0.390. The molecular formula is C21H30N2O4S2. The van der Waals surface area contributed by atoms with Gasteiger partial charge in [-0.25, -0.2) is 0 Å². The van der Waals surface area contributed by atoms with Gasteiger partial charge in [-0.3, -0.25) is 9.59 Å².